The number of amides is 1. The zero-order valence-corrected chi connectivity index (χ0v) is 18.1. The second-order valence-corrected chi connectivity index (χ2v) is 9.35. The first-order valence-electron chi connectivity index (χ1n) is 10.5. The Morgan fingerprint density at radius 2 is 2.10 bits per heavy atom. The van der Waals surface area contributed by atoms with E-state index in [0.29, 0.717) is 24.0 Å². The normalized spacial score (nSPS) is 23.4. The Bertz CT molecular complexity index is 1090. The lowest BCUT2D eigenvalue weighted by Gasteiger charge is -2.35. The number of halogens is 1. The summed E-state index contributed by atoms with van der Waals surface area (Å²) in [7, 11) is 0. The summed E-state index contributed by atoms with van der Waals surface area (Å²) < 4.78 is 21.3. The molecule has 1 aromatic carbocycles. The predicted octanol–water partition coefficient (Wildman–Crippen LogP) is 4.77. The minimum atomic E-state index is -0.405. The molecule has 2 fully saturated rings. The van der Waals surface area contributed by atoms with Gasteiger partial charge in [0.25, 0.3) is 0 Å². The second-order valence-electron chi connectivity index (χ2n) is 8.28. The standard InChI is InChI=1S/C22H24FN5O2S/c1-15-25-20(13-31-15)27-14-22(30-21(27)29)9-6-16(7-10-22)12-24-19-8-11-28(26-19)18-5-3-2-4-17(18)23/h2-5,8,11,13,16H,6-7,9-10,12,14H2,1H3,(H,24,26). The zero-order chi connectivity index (χ0) is 21.4. The van der Waals surface area contributed by atoms with E-state index in [9.17, 15) is 9.18 Å². The minimum absolute atomic E-state index is 0.291. The molecule has 1 N–H and O–H groups in total. The van der Waals surface area contributed by atoms with Gasteiger partial charge in [-0.1, -0.05) is 12.1 Å². The molecule has 5 rings (SSSR count). The van der Waals surface area contributed by atoms with E-state index < -0.39 is 5.60 Å². The largest absolute Gasteiger partial charge is 0.441 e. The van der Waals surface area contributed by atoms with E-state index in [1.54, 1.807) is 34.0 Å². The molecule has 2 aromatic heterocycles. The monoisotopic (exact) mass is 441 g/mol. The van der Waals surface area contributed by atoms with Crippen molar-refractivity contribution in [2.45, 2.75) is 38.2 Å². The fourth-order valence-electron chi connectivity index (χ4n) is 4.38. The predicted molar refractivity (Wildman–Crippen MR) is 117 cm³/mol. The number of aromatic nitrogens is 3. The molecule has 1 saturated heterocycles. The summed E-state index contributed by atoms with van der Waals surface area (Å²) in [5.74, 6) is 1.58. The molecule has 1 aliphatic heterocycles. The summed E-state index contributed by atoms with van der Waals surface area (Å²) in [5.41, 5.74) is 0.0235. The van der Waals surface area contributed by atoms with Crippen LogP contribution in [0.15, 0.2) is 41.9 Å². The highest BCUT2D eigenvalue weighted by atomic mass is 32.1. The van der Waals surface area contributed by atoms with Gasteiger partial charge >= 0.3 is 6.09 Å². The van der Waals surface area contributed by atoms with Gasteiger partial charge < -0.3 is 10.1 Å². The Kier molecular flexibility index (Phi) is 5.13. The van der Waals surface area contributed by atoms with Gasteiger partial charge in [0.1, 0.15) is 28.7 Å². The third-order valence-electron chi connectivity index (χ3n) is 6.13. The number of hydrogen-bond acceptors (Lipinski definition) is 6. The highest BCUT2D eigenvalue weighted by Gasteiger charge is 2.48. The number of nitrogens with one attached hydrogen (secondary N) is 1. The van der Waals surface area contributed by atoms with Gasteiger partial charge in [-0.2, -0.15) is 5.10 Å². The van der Waals surface area contributed by atoms with Gasteiger partial charge in [-0.15, -0.1) is 11.3 Å². The zero-order valence-electron chi connectivity index (χ0n) is 17.3. The number of aryl methyl sites for hydroxylation is 1. The fourth-order valence-corrected chi connectivity index (χ4v) is 4.98. The molecule has 1 saturated carbocycles. The highest BCUT2D eigenvalue weighted by molar-refractivity contribution is 7.09. The first-order valence-corrected chi connectivity index (χ1v) is 11.4. The summed E-state index contributed by atoms with van der Waals surface area (Å²) in [6.07, 6.45) is 5.09. The minimum Gasteiger partial charge on any atom is -0.441 e. The molecule has 7 nitrogen and oxygen atoms in total. The molecule has 1 amide bonds. The number of rotatable bonds is 5. The molecule has 162 valence electrons. The van der Waals surface area contributed by atoms with Crippen LogP contribution in [0.25, 0.3) is 5.69 Å². The molecule has 0 atom stereocenters. The lowest BCUT2D eigenvalue weighted by atomic mass is 9.78. The van der Waals surface area contributed by atoms with Gasteiger partial charge in [0.15, 0.2) is 0 Å². The van der Waals surface area contributed by atoms with E-state index in [2.05, 4.69) is 15.4 Å². The van der Waals surface area contributed by atoms with Crippen LogP contribution >= 0.6 is 11.3 Å². The topological polar surface area (TPSA) is 72.3 Å². The van der Waals surface area contributed by atoms with E-state index in [0.717, 1.165) is 43.1 Å². The third kappa shape index (κ3) is 4.01. The van der Waals surface area contributed by atoms with E-state index in [-0.39, 0.29) is 11.9 Å². The van der Waals surface area contributed by atoms with Gasteiger partial charge in [-0.3, -0.25) is 4.90 Å². The van der Waals surface area contributed by atoms with Crippen molar-refractivity contribution in [3.8, 4) is 5.69 Å². The summed E-state index contributed by atoms with van der Waals surface area (Å²) >= 11 is 1.54. The summed E-state index contributed by atoms with van der Waals surface area (Å²) in [5, 5.41) is 10.7. The molecule has 0 bridgehead atoms. The van der Waals surface area contributed by atoms with Crippen molar-refractivity contribution >= 4 is 29.1 Å². The van der Waals surface area contributed by atoms with E-state index >= 15 is 0 Å². The summed E-state index contributed by atoms with van der Waals surface area (Å²) in [6.45, 7) is 3.29. The van der Waals surface area contributed by atoms with E-state index in [4.69, 9.17) is 4.74 Å². The molecular formula is C22H24FN5O2S. The molecule has 3 heterocycles. The number of ether oxygens (including phenoxy) is 1. The van der Waals surface area contributed by atoms with Crippen molar-refractivity contribution in [2.75, 3.05) is 23.3 Å². The molecule has 31 heavy (non-hydrogen) atoms. The maximum atomic E-state index is 13.9. The van der Waals surface area contributed by atoms with Crippen LogP contribution in [0, 0.1) is 18.7 Å². The van der Waals surface area contributed by atoms with Crippen molar-refractivity contribution in [1.29, 1.82) is 0 Å². The fraction of sp³-hybridized carbons (Fsp3) is 0.409. The molecule has 0 unspecified atom stereocenters. The number of para-hydroxylation sites is 1. The number of anilines is 2. The maximum Gasteiger partial charge on any atom is 0.416 e. The number of nitrogens with zero attached hydrogens (tertiary/aromatic N) is 4. The van der Waals surface area contributed by atoms with E-state index in [1.165, 1.54) is 17.4 Å². The van der Waals surface area contributed by atoms with Gasteiger partial charge in [-0.05, 0) is 50.7 Å². The van der Waals surface area contributed by atoms with Crippen molar-refractivity contribution in [3.05, 3.63) is 52.7 Å². The van der Waals surface area contributed by atoms with Crippen LogP contribution in [-0.4, -0.2) is 39.5 Å². The number of benzene rings is 1. The van der Waals surface area contributed by atoms with Crippen LogP contribution in [0.5, 0.6) is 0 Å². The van der Waals surface area contributed by atoms with Gasteiger partial charge in [-0.25, -0.2) is 18.9 Å². The Morgan fingerprint density at radius 1 is 1.29 bits per heavy atom. The lowest BCUT2D eigenvalue weighted by molar-refractivity contribution is 0.0148. The number of carbonyl (C=O) groups excluding carboxylic acids is 1. The van der Waals surface area contributed by atoms with Crippen LogP contribution in [0.3, 0.4) is 0 Å². The SMILES string of the molecule is Cc1nc(N2CC3(CCC(CNc4ccn(-c5ccccc5F)n4)CC3)OC2=O)cs1. The van der Waals surface area contributed by atoms with Gasteiger partial charge in [0.2, 0.25) is 0 Å². The third-order valence-corrected chi connectivity index (χ3v) is 6.89. The Morgan fingerprint density at radius 3 is 2.84 bits per heavy atom. The van der Waals surface area contributed by atoms with Crippen molar-refractivity contribution < 1.29 is 13.9 Å². The van der Waals surface area contributed by atoms with Crippen molar-refractivity contribution in [1.82, 2.24) is 14.8 Å². The quantitative estimate of drug-likeness (QED) is 0.617. The Balaban J connectivity index is 1.15. The van der Waals surface area contributed by atoms with Crippen LogP contribution in [0.1, 0.15) is 30.7 Å². The van der Waals surface area contributed by atoms with Crippen LogP contribution < -0.4 is 10.2 Å². The number of hydrogen-bond donors (Lipinski definition) is 1. The molecule has 2 aliphatic rings. The van der Waals surface area contributed by atoms with Crippen LogP contribution in [-0.2, 0) is 4.74 Å². The number of thiazole rings is 1. The average molecular weight is 442 g/mol. The first kappa shape index (κ1) is 20.0. The second kappa shape index (κ2) is 7.96. The first-order chi connectivity index (χ1) is 15.0. The maximum absolute atomic E-state index is 13.9. The molecule has 0 radical (unpaired) electrons. The Hall–Kier alpha value is -2.94. The summed E-state index contributed by atoms with van der Waals surface area (Å²) in [6, 6.07) is 8.43. The van der Waals surface area contributed by atoms with Crippen LogP contribution in [0.2, 0.25) is 0 Å². The van der Waals surface area contributed by atoms with Crippen molar-refractivity contribution in [3.63, 3.8) is 0 Å². The molecule has 1 aliphatic carbocycles. The average Bonchev–Trinajstić information content (AvgIpc) is 3.48. The molecule has 3 aromatic rings. The summed E-state index contributed by atoms with van der Waals surface area (Å²) in [4.78, 5) is 18.5. The molecular weight excluding hydrogens is 417 g/mol. The lowest BCUT2D eigenvalue weighted by Crippen LogP contribution is -2.39. The van der Waals surface area contributed by atoms with Crippen molar-refractivity contribution in [2.24, 2.45) is 5.92 Å². The van der Waals surface area contributed by atoms with Crippen LogP contribution in [0.4, 0.5) is 20.8 Å². The smallest absolute Gasteiger partial charge is 0.416 e. The molecule has 1 spiro atoms. The Labute approximate surface area is 183 Å². The van der Waals surface area contributed by atoms with E-state index in [1.807, 2.05) is 18.4 Å². The van der Waals surface area contributed by atoms with Gasteiger partial charge in [0.05, 0.1) is 11.6 Å². The highest BCUT2D eigenvalue weighted by Crippen LogP contribution is 2.40. The van der Waals surface area contributed by atoms with Gasteiger partial charge in [0, 0.05) is 24.2 Å². The number of carbonyl (C=O) groups is 1. The molecule has 9 heteroatoms.